The Balaban J connectivity index is 1.86. The van der Waals surface area contributed by atoms with Crippen molar-refractivity contribution >= 4 is 37.5 Å². The van der Waals surface area contributed by atoms with Crippen LogP contribution in [0.15, 0.2) is 45.8 Å². The standard InChI is InChI=1S/C19H18BrFN2O/c20-14-1-2-16-13(11-23-7-4-15(21)5-8-23)9-12-3-6-22-19(24)18(12)17(16)10-14/h1-3,6,9-10,15H,4-5,7-8,11H2,(H,22,24). The molecule has 0 aliphatic carbocycles. The van der Waals surface area contributed by atoms with E-state index in [1.165, 1.54) is 5.56 Å². The fraction of sp³-hybridized carbons (Fsp3) is 0.316. The molecule has 0 radical (unpaired) electrons. The van der Waals surface area contributed by atoms with Gasteiger partial charge in [0.2, 0.25) is 0 Å². The van der Waals surface area contributed by atoms with Crippen LogP contribution in [0.4, 0.5) is 4.39 Å². The van der Waals surface area contributed by atoms with Crippen LogP contribution in [-0.2, 0) is 6.54 Å². The molecule has 0 bridgehead atoms. The SMILES string of the molecule is O=c1[nH]ccc2cc(CN3CCC(F)CC3)c3ccc(Br)cc3c12. The lowest BCUT2D eigenvalue weighted by atomic mass is 9.97. The van der Waals surface area contributed by atoms with E-state index in [4.69, 9.17) is 0 Å². The monoisotopic (exact) mass is 388 g/mol. The highest BCUT2D eigenvalue weighted by Gasteiger charge is 2.19. The van der Waals surface area contributed by atoms with Gasteiger partial charge >= 0.3 is 0 Å². The molecule has 4 rings (SSSR count). The van der Waals surface area contributed by atoms with E-state index in [9.17, 15) is 9.18 Å². The third-order valence-electron chi connectivity index (χ3n) is 4.83. The molecule has 0 unspecified atom stereocenters. The number of halogens is 2. The Hall–Kier alpha value is -1.72. The number of aromatic nitrogens is 1. The summed E-state index contributed by atoms with van der Waals surface area (Å²) in [4.78, 5) is 17.4. The Morgan fingerprint density at radius 3 is 2.75 bits per heavy atom. The molecule has 1 aliphatic heterocycles. The summed E-state index contributed by atoms with van der Waals surface area (Å²) in [6.45, 7) is 2.35. The third-order valence-corrected chi connectivity index (χ3v) is 5.32. The van der Waals surface area contributed by atoms with Crippen molar-refractivity contribution in [1.82, 2.24) is 9.88 Å². The second kappa shape index (κ2) is 6.30. The summed E-state index contributed by atoms with van der Waals surface area (Å²) < 4.78 is 14.3. The summed E-state index contributed by atoms with van der Waals surface area (Å²) >= 11 is 3.51. The summed E-state index contributed by atoms with van der Waals surface area (Å²) in [5, 5.41) is 3.71. The number of nitrogens with one attached hydrogen (secondary N) is 1. The van der Waals surface area contributed by atoms with E-state index in [2.05, 4.69) is 37.9 Å². The van der Waals surface area contributed by atoms with E-state index in [1.807, 2.05) is 18.2 Å². The third kappa shape index (κ3) is 2.87. The second-order valence-electron chi connectivity index (χ2n) is 6.45. The average Bonchev–Trinajstić information content (AvgIpc) is 2.56. The molecular weight excluding hydrogens is 371 g/mol. The first-order valence-electron chi connectivity index (χ1n) is 8.21. The van der Waals surface area contributed by atoms with Crippen molar-refractivity contribution in [2.24, 2.45) is 0 Å². The number of aromatic amines is 1. The fourth-order valence-corrected chi connectivity index (χ4v) is 3.95. The highest BCUT2D eigenvalue weighted by molar-refractivity contribution is 9.10. The van der Waals surface area contributed by atoms with Gasteiger partial charge in [-0.2, -0.15) is 0 Å². The Kier molecular flexibility index (Phi) is 4.14. The number of piperidine rings is 1. The van der Waals surface area contributed by atoms with E-state index in [0.29, 0.717) is 12.8 Å². The molecule has 1 fully saturated rings. The minimum atomic E-state index is -0.663. The zero-order chi connectivity index (χ0) is 16.7. The molecule has 0 atom stereocenters. The lowest BCUT2D eigenvalue weighted by Crippen LogP contribution is -2.33. The summed E-state index contributed by atoms with van der Waals surface area (Å²) in [5.41, 5.74) is 1.12. The number of hydrogen-bond acceptors (Lipinski definition) is 2. The maximum absolute atomic E-state index is 13.4. The number of fused-ring (bicyclic) bond motifs is 3. The Morgan fingerprint density at radius 2 is 1.96 bits per heavy atom. The largest absolute Gasteiger partial charge is 0.329 e. The number of likely N-dealkylation sites (tertiary alicyclic amines) is 1. The Labute approximate surface area is 147 Å². The minimum Gasteiger partial charge on any atom is -0.329 e. The predicted octanol–water partition coefficient (Wildman–Crippen LogP) is 4.38. The summed E-state index contributed by atoms with van der Waals surface area (Å²) in [7, 11) is 0. The highest BCUT2D eigenvalue weighted by atomic mass is 79.9. The number of nitrogens with zero attached hydrogens (tertiary/aromatic N) is 1. The lowest BCUT2D eigenvalue weighted by molar-refractivity contribution is 0.146. The van der Waals surface area contributed by atoms with Crippen LogP contribution in [0.1, 0.15) is 18.4 Å². The molecule has 24 heavy (non-hydrogen) atoms. The number of pyridine rings is 1. The van der Waals surface area contributed by atoms with Gasteiger partial charge in [0.05, 0.1) is 5.39 Å². The van der Waals surface area contributed by atoms with Gasteiger partial charge in [-0.1, -0.05) is 22.0 Å². The average molecular weight is 389 g/mol. The molecule has 0 saturated carbocycles. The van der Waals surface area contributed by atoms with Crippen molar-refractivity contribution in [2.75, 3.05) is 13.1 Å². The van der Waals surface area contributed by atoms with Crippen LogP contribution in [0.3, 0.4) is 0 Å². The molecule has 124 valence electrons. The van der Waals surface area contributed by atoms with Gasteiger partial charge in [0, 0.05) is 30.3 Å². The number of rotatable bonds is 2. The van der Waals surface area contributed by atoms with E-state index in [1.54, 1.807) is 6.20 Å². The molecule has 1 N–H and O–H groups in total. The predicted molar refractivity (Wildman–Crippen MR) is 99.2 cm³/mol. The van der Waals surface area contributed by atoms with Gasteiger partial charge in [0.15, 0.2) is 0 Å². The first-order chi connectivity index (χ1) is 11.6. The number of alkyl halides is 1. The fourth-order valence-electron chi connectivity index (χ4n) is 3.59. The van der Waals surface area contributed by atoms with E-state index in [-0.39, 0.29) is 5.56 Å². The van der Waals surface area contributed by atoms with Crippen molar-refractivity contribution in [3.8, 4) is 0 Å². The van der Waals surface area contributed by atoms with Crippen LogP contribution in [0.25, 0.3) is 21.5 Å². The number of H-pyrrole nitrogens is 1. The Morgan fingerprint density at radius 1 is 1.17 bits per heavy atom. The first-order valence-corrected chi connectivity index (χ1v) is 9.00. The van der Waals surface area contributed by atoms with Gasteiger partial charge in [0.1, 0.15) is 6.17 Å². The van der Waals surface area contributed by atoms with Gasteiger partial charge in [0.25, 0.3) is 5.56 Å². The highest BCUT2D eigenvalue weighted by Crippen LogP contribution is 2.30. The molecule has 3 aromatic rings. The van der Waals surface area contributed by atoms with Gasteiger partial charge in [-0.25, -0.2) is 4.39 Å². The molecule has 1 saturated heterocycles. The van der Waals surface area contributed by atoms with Crippen LogP contribution in [0.5, 0.6) is 0 Å². The molecule has 5 heteroatoms. The van der Waals surface area contributed by atoms with E-state index >= 15 is 0 Å². The molecule has 2 heterocycles. The molecular formula is C19H18BrFN2O. The normalized spacial score (nSPS) is 16.9. The molecule has 2 aromatic carbocycles. The van der Waals surface area contributed by atoms with E-state index < -0.39 is 6.17 Å². The van der Waals surface area contributed by atoms with Crippen LogP contribution in [-0.4, -0.2) is 29.1 Å². The van der Waals surface area contributed by atoms with Gasteiger partial charge < -0.3 is 4.98 Å². The maximum Gasteiger partial charge on any atom is 0.256 e. The van der Waals surface area contributed by atoms with Gasteiger partial charge in [-0.15, -0.1) is 0 Å². The lowest BCUT2D eigenvalue weighted by Gasteiger charge is -2.29. The van der Waals surface area contributed by atoms with Crippen molar-refractivity contribution in [1.29, 1.82) is 0 Å². The molecule has 0 spiro atoms. The van der Waals surface area contributed by atoms with Crippen LogP contribution in [0.2, 0.25) is 0 Å². The van der Waals surface area contributed by atoms with Gasteiger partial charge in [-0.05, 0) is 58.8 Å². The topological polar surface area (TPSA) is 36.1 Å². The zero-order valence-corrected chi connectivity index (χ0v) is 14.8. The van der Waals surface area contributed by atoms with Gasteiger partial charge in [-0.3, -0.25) is 9.69 Å². The first kappa shape index (κ1) is 15.8. The number of benzene rings is 2. The maximum atomic E-state index is 13.4. The summed E-state index contributed by atoms with van der Waals surface area (Å²) in [5.74, 6) is 0. The van der Waals surface area contributed by atoms with Crippen LogP contribution in [0, 0.1) is 0 Å². The molecule has 3 nitrogen and oxygen atoms in total. The van der Waals surface area contributed by atoms with Crippen molar-refractivity contribution < 1.29 is 4.39 Å². The van der Waals surface area contributed by atoms with Crippen LogP contribution >= 0.6 is 15.9 Å². The minimum absolute atomic E-state index is 0.0691. The molecule has 1 aromatic heterocycles. The molecule has 1 aliphatic rings. The summed E-state index contributed by atoms with van der Waals surface area (Å²) in [6.07, 6.45) is 2.24. The quantitative estimate of drug-likeness (QED) is 0.661. The second-order valence-corrected chi connectivity index (χ2v) is 7.36. The van der Waals surface area contributed by atoms with Crippen molar-refractivity contribution in [3.63, 3.8) is 0 Å². The van der Waals surface area contributed by atoms with Crippen molar-refractivity contribution in [2.45, 2.75) is 25.6 Å². The van der Waals surface area contributed by atoms with E-state index in [0.717, 1.165) is 45.7 Å². The number of hydrogen-bond donors (Lipinski definition) is 1. The summed E-state index contributed by atoms with van der Waals surface area (Å²) in [6, 6.07) is 10.1. The zero-order valence-electron chi connectivity index (χ0n) is 13.2. The van der Waals surface area contributed by atoms with Crippen molar-refractivity contribution in [3.05, 3.63) is 56.9 Å². The van der Waals surface area contributed by atoms with Crippen LogP contribution < -0.4 is 5.56 Å². The Bertz CT molecular complexity index is 961. The smallest absolute Gasteiger partial charge is 0.256 e. The molecule has 0 amide bonds.